The molecule has 1 aliphatic rings. The van der Waals surface area contributed by atoms with Crippen molar-refractivity contribution < 1.29 is 14.2 Å². The van der Waals surface area contributed by atoms with E-state index in [0.29, 0.717) is 25.8 Å². The maximum absolute atomic E-state index is 5.80. The lowest BCUT2D eigenvalue weighted by Gasteiger charge is -2.12. The third-order valence-corrected chi connectivity index (χ3v) is 4.31. The molecule has 6 bridgehead atoms. The molecule has 1 aliphatic heterocycles. The monoisotopic (exact) mass is 375 g/mol. The molecular weight excluding hydrogens is 354 g/mol. The SMILES string of the molecule is COc1ccc2cc1COC/C=C\COc1cccc(c1)-c1ccnc(n1)N2. The highest BCUT2D eigenvalue weighted by molar-refractivity contribution is 5.64. The predicted octanol–water partition coefficient (Wildman–Crippen LogP) is 4.36. The Balaban J connectivity index is 1.71. The second kappa shape index (κ2) is 8.54. The lowest BCUT2D eigenvalue weighted by atomic mass is 10.1. The third-order valence-electron chi connectivity index (χ3n) is 4.31. The first-order chi connectivity index (χ1) is 13.8. The number of nitrogens with zero attached hydrogens (tertiary/aromatic N) is 2. The van der Waals surface area contributed by atoms with Crippen LogP contribution in [0, 0.1) is 0 Å². The van der Waals surface area contributed by atoms with Crippen molar-refractivity contribution in [2.75, 3.05) is 25.6 Å². The average Bonchev–Trinajstić information content (AvgIpc) is 2.73. The molecule has 142 valence electrons. The Morgan fingerprint density at radius 1 is 1.04 bits per heavy atom. The summed E-state index contributed by atoms with van der Waals surface area (Å²) < 4.78 is 17.0. The number of rotatable bonds is 1. The zero-order chi connectivity index (χ0) is 19.2. The van der Waals surface area contributed by atoms with Gasteiger partial charge in [-0.1, -0.05) is 18.2 Å². The molecule has 6 nitrogen and oxygen atoms in total. The van der Waals surface area contributed by atoms with E-state index < -0.39 is 0 Å². The number of aromatic nitrogens is 2. The first-order valence-corrected chi connectivity index (χ1v) is 9.05. The first kappa shape index (κ1) is 18.0. The Kier molecular flexibility index (Phi) is 5.49. The molecule has 2 aromatic carbocycles. The number of hydrogen-bond acceptors (Lipinski definition) is 6. The Bertz CT molecular complexity index is 988. The summed E-state index contributed by atoms with van der Waals surface area (Å²) in [4.78, 5) is 8.97. The van der Waals surface area contributed by atoms with Crippen molar-refractivity contribution >= 4 is 11.6 Å². The molecular formula is C22H21N3O3. The van der Waals surface area contributed by atoms with E-state index in [1.54, 1.807) is 13.3 Å². The van der Waals surface area contributed by atoms with Crippen LogP contribution in [0.5, 0.6) is 11.5 Å². The van der Waals surface area contributed by atoms with Crippen LogP contribution in [-0.2, 0) is 11.3 Å². The highest BCUT2D eigenvalue weighted by atomic mass is 16.5. The van der Waals surface area contributed by atoms with Gasteiger partial charge in [-0.3, -0.25) is 0 Å². The number of benzene rings is 2. The van der Waals surface area contributed by atoms with Crippen molar-refractivity contribution in [3.05, 3.63) is 72.4 Å². The fourth-order valence-corrected chi connectivity index (χ4v) is 2.94. The van der Waals surface area contributed by atoms with Gasteiger partial charge in [-0.05, 0) is 42.5 Å². The molecule has 0 spiro atoms. The summed E-state index contributed by atoms with van der Waals surface area (Å²) in [5.74, 6) is 2.09. The Morgan fingerprint density at radius 3 is 2.89 bits per heavy atom. The molecule has 2 heterocycles. The minimum atomic E-state index is 0.436. The normalized spacial score (nSPS) is 14.9. The number of anilines is 2. The van der Waals surface area contributed by atoms with E-state index >= 15 is 0 Å². The second-order valence-corrected chi connectivity index (χ2v) is 6.24. The van der Waals surface area contributed by atoms with Crippen LogP contribution in [0.15, 0.2) is 66.9 Å². The van der Waals surface area contributed by atoms with Crippen LogP contribution in [0.4, 0.5) is 11.6 Å². The molecule has 0 amide bonds. The van der Waals surface area contributed by atoms with Crippen LogP contribution in [0.2, 0.25) is 0 Å². The largest absolute Gasteiger partial charge is 0.496 e. The van der Waals surface area contributed by atoms with Crippen LogP contribution in [0.25, 0.3) is 11.3 Å². The molecule has 0 unspecified atom stereocenters. The van der Waals surface area contributed by atoms with E-state index in [1.807, 2.05) is 60.7 Å². The van der Waals surface area contributed by atoms with Crippen LogP contribution in [-0.4, -0.2) is 30.3 Å². The van der Waals surface area contributed by atoms with Crippen molar-refractivity contribution in [1.82, 2.24) is 9.97 Å². The number of nitrogens with one attached hydrogen (secondary N) is 1. The van der Waals surface area contributed by atoms with Crippen LogP contribution < -0.4 is 14.8 Å². The Hall–Kier alpha value is -3.38. The summed E-state index contributed by atoms with van der Waals surface area (Å²) in [6, 6.07) is 15.6. The van der Waals surface area contributed by atoms with E-state index in [2.05, 4.69) is 15.3 Å². The van der Waals surface area contributed by atoms with Gasteiger partial charge in [0.15, 0.2) is 0 Å². The molecule has 0 atom stereocenters. The summed E-state index contributed by atoms with van der Waals surface area (Å²) in [5, 5.41) is 3.26. The number of ether oxygens (including phenoxy) is 3. The highest BCUT2D eigenvalue weighted by Crippen LogP contribution is 2.27. The van der Waals surface area contributed by atoms with Gasteiger partial charge in [-0.2, -0.15) is 0 Å². The maximum Gasteiger partial charge on any atom is 0.227 e. The molecule has 0 fully saturated rings. The number of hydrogen-bond donors (Lipinski definition) is 1. The van der Waals surface area contributed by atoms with Crippen molar-refractivity contribution in [1.29, 1.82) is 0 Å². The Morgan fingerprint density at radius 2 is 1.96 bits per heavy atom. The van der Waals surface area contributed by atoms with Crippen molar-refractivity contribution in [2.45, 2.75) is 6.61 Å². The zero-order valence-electron chi connectivity index (χ0n) is 15.6. The fraction of sp³-hybridized carbons (Fsp3) is 0.182. The van der Waals surface area contributed by atoms with Gasteiger partial charge in [0.2, 0.25) is 5.95 Å². The summed E-state index contributed by atoms with van der Waals surface area (Å²) in [6.45, 7) is 1.40. The second-order valence-electron chi connectivity index (χ2n) is 6.24. The molecule has 0 radical (unpaired) electrons. The predicted molar refractivity (Wildman–Crippen MR) is 108 cm³/mol. The van der Waals surface area contributed by atoms with E-state index in [4.69, 9.17) is 14.2 Å². The lowest BCUT2D eigenvalue weighted by Crippen LogP contribution is -2.01. The summed E-state index contributed by atoms with van der Waals surface area (Å²) in [6.07, 6.45) is 5.64. The lowest BCUT2D eigenvalue weighted by molar-refractivity contribution is 0.146. The van der Waals surface area contributed by atoms with Crippen molar-refractivity contribution in [3.8, 4) is 22.8 Å². The van der Waals surface area contributed by atoms with Gasteiger partial charge in [0.05, 0.1) is 26.0 Å². The maximum atomic E-state index is 5.80. The van der Waals surface area contributed by atoms with Gasteiger partial charge in [-0.25, -0.2) is 9.97 Å². The molecule has 0 aliphatic carbocycles. The van der Waals surface area contributed by atoms with E-state index in [1.165, 1.54) is 0 Å². The topological polar surface area (TPSA) is 65.5 Å². The Labute approximate surface area is 163 Å². The van der Waals surface area contributed by atoms with E-state index in [9.17, 15) is 0 Å². The molecule has 0 saturated heterocycles. The van der Waals surface area contributed by atoms with Gasteiger partial charge in [-0.15, -0.1) is 0 Å². The third kappa shape index (κ3) is 4.29. The van der Waals surface area contributed by atoms with Gasteiger partial charge in [0.1, 0.15) is 18.1 Å². The standard InChI is InChI=1S/C22H21N3O3/c1-26-21-8-7-18-13-17(21)15-27-11-2-3-12-28-19-6-4-5-16(14-19)20-9-10-23-22(24-18)25-20/h2-10,13-14H,11-12,15H2,1H3,(H,23,24,25)/b3-2-. The molecule has 0 saturated carbocycles. The number of fused-ring (bicyclic) bond motifs is 7. The summed E-state index contributed by atoms with van der Waals surface area (Å²) >= 11 is 0. The number of methoxy groups -OCH3 is 1. The van der Waals surface area contributed by atoms with E-state index in [-0.39, 0.29) is 0 Å². The van der Waals surface area contributed by atoms with Crippen LogP contribution >= 0.6 is 0 Å². The smallest absolute Gasteiger partial charge is 0.227 e. The van der Waals surface area contributed by atoms with Crippen LogP contribution in [0.1, 0.15) is 5.56 Å². The minimum Gasteiger partial charge on any atom is -0.496 e. The quantitative estimate of drug-likeness (QED) is 0.638. The van der Waals surface area contributed by atoms with Gasteiger partial charge >= 0.3 is 0 Å². The van der Waals surface area contributed by atoms with Gasteiger partial charge in [0.25, 0.3) is 0 Å². The molecule has 6 heteroatoms. The average molecular weight is 375 g/mol. The van der Waals surface area contributed by atoms with Crippen LogP contribution in [0.3, 0.4) is 0 Å². The van der Waals surface area contributed by atoms with Gasteiger partial charge in [0, 0.05) is 23.0 Å². The highest BCUT2D eigenvalue weighted by Gasteiger charge is 2.08. The molecule has 1 aromatic heterocycles. The molecule has 3 aromatic rings. The van der Waals surface area contributed by atoms with Crippen molar-refractivity contribution in [3.63, 3.8) is 0 Å². The molecule has 28 heavy (non-hydrogen) atoms. The minimum absolute atomic E-state index is 0.436. The van der Waals surface area contributed by atoms with Gasteiger partial charge < -0.3 is 19.5 Å². The molecule has 4 rings (SSSR count). The first-order valence-electron chi connectivity index (χ1n) is 9.05. The summed E-state index contributed by atoms with van der Waals surface area (Å²) in [7, 11) is 1.65. The van der Waals surface area contributed by atoms with E-state index in [0.717, 1.165) is 34.0 Å². The van der Waals surface area contributed by atoms with Crippen molar-refractivity contribution in [2.24, 2.45) is 0 Å². The fourth-order valence-electron chi connectivity index (χ4n) is 2.94. The zero-order valence-corrected chi connectivity index (χ0v) is 15.6. The summed E-state index contributed by atoms with van der Waals surface area (Å²) in [5.41, 5.74) is 3.60. The molecule has 1 N–H and O–H groups in total.